The van der Waals surface area contributed by atoms with E-state index >= 15 is 0 Å². The lowest BCUT2D eigenvalue weighted by molar-refractivity contribution is -0.125. The van der Waals surface area contributed by atoms with Crippen LogP contribution in [0.1, 0.15) is 55.3 Å². The molecule has 2 atom stereocenters. The molecule has 2 aromatic heterocycles. The molecule has 1 aliphatic heterocycles. The van der Waals surface area contributed by atoms with E-state index in [1.165, 1.54) is 6.26 Å². The lowest BCUT2D eigenvalue weighted by Gasteiger charge is -2.25. The largest absolute Gasteiger partial charge is 0.459 e. The predicted octanol–water partition coefficient (Wildman–Crippen LogP) is 2.37. The van der Waals surface area contributed by atoms with Gasteiger partial charge in [0, 0.05) is 24.8 Å². The smallest absolute Gasteiger partial charge is 0.290 e. The topological polar surface area (TPSA) is 80.4 Å². The van der Waals surface area contributed by atoms with Gasteiger partial charge in [-0.1, -0.05) is 6.92 Å². The van der Waals surface area contributed by atoms with Gasteiger partial charge in [-0.2, -0.15) is 5.10 Å². The summed E-state index contributed by atoms with van der Waals surface area (Å²) >= 11 is 0. The number of likely N-dealkylation sites (tertiary alicyclic amines) is 1. The molecule has 25 heavy (non-hydrogen) atoms. The number of aryl methyl sites for hydroxylation is 1. The first kappa shape index (κ1) is 17.3. The SMILES string of the molecule is CC[C@@H](NC(=O)[C@@H]1CCCN1C(=O)c1ccco1)c1cnn(CC)c1. The number of carbonyl (C=O) groups excluding carboxylic acids is 2. The van der Waals surface area contributed by atoms with Crippen LogP contribution >= 0.6 is 0 Å². The quantitative estimate of drug-likeness (QED) is 0.872. The van der Waals surface area contributed by atoms with Gasteiger partial charge in [0.15, 0.2) is 5.76 Å². The Hall–Kier alpha value is -2.57. The van der Waals surface area contributed by atoms with Crippen LogP contribution in [0.5, 0.6) is 0 Å². The minimum Gasteiger partial charge on any atom is -0.459 e. The summed E-state index contributed by atoms with van der Waals surface area (Å²) in [6.07, 6.45) is 7.46. The zero-order valence-electron chi connectivity index (χ0n) is 14.6. The molecule has 7 nitrogen and oxygen atoms in total. The molecule has 1 fully saturated rings. The number of furan rings is 1. The van der Waals surface area contributed by atoms with Crippen molar-refractivity contribution in [3.05, 3.63) is 42.1 Å². The summed E-state index contributed by atoms with van der Waals surface area (Å²) in [6, 6.07) is 2.75. The van der Waals surface area contributed by atoms with Crippen LogP contribution < -0.4 is 5.32 Å². The Morgan fingerprint density at radius 3 is 2.92 bits per heavy atom. The van der Waals surface area contributed by atoms with Crippen molar-refractivity contribution in [2.45, 2.75) is 51.7 Å². The fraction of sp³-hybridized carbons (Fsp3) is 0.500. The molecule has 2 aromatic rings. The number of nitrogens with one attached hydrogen (secondary N) is 1. The van der Waals surface area contributed by atoms with E-state index in [1.54, 1.807) is 23.2 Å². The third kappa shape index (κ3) is 3.60. The molecule has 0 saturated carbocycles. The maximum absolute atomic E-state index is 12.8. The number of carbonyl (C=O) groups is 2. The highest BCUT2D eigenvalue weighted by Crippen LogP contribution is 2.23. The van der Waals surface area contributed by atoms with Gasteiger partial charge in [0.1, 0.15) is 6.04 Å². The van der Waals surface area contributed by atoms with Crippen LogP contribution in [-0.2, 0) is 11.3 Å². The Labute approximate surface area is 147 Å². The highest BCUT2D eigenvalue weighted by atomic mass is 16.3. The second-order valence-electron chi connectivity index (χ2n) is 6.23. The molecule has 0 aliphatic carbocycles. The van der Waals surface area contributed by atoms with Gasteiger partial charge in [0.05, 0.1) is 18.5 Å². The minimum atomic E-state index is -0.451. The minimum absolute atomic E-state index is 0.103. The van der Waals surface area contributed by atoms with Crippen molar-refractivity contribution in [3.8, 4) is 0 Å². The third-order valence-corrected chi connectivity index (χ3v) is 4.65. The van der Waals surface area contributed by atoms with Crippen LogP contribution in [-0.4, -0.2) is 39.1 Å². The molecule has 1 saturated heterocycles. The van der Waals surface area contributed by atoms with E-state index in [9.17, 15) is 9.59 Å². The van der Waals surface area contributed by atoms with Gasteiger partial charge in [0.25, 0.3) is 5.91 Å². The normalized spacial score (nSPS) is 18.3. The fourth-order valence-corrected chi connectivity index (χ4v) is 3.25. The number of hydrogen-bond acceptors (Lipinski definition) is 4. The van der Waals surface area contributed by atoms with Crippen molar-refractivity contribution < 1.29 is 14.0 Å². The Bertz CT molecular complexity index is 723. The number of amides is 2. The standard InChI is InChI=1S/C18H24N4O3/c1-3-14(13-11-19-21(4-2)12-13)20-17(23)15-7-5-9-22(15)18(24)16-8-6-10-25-16/h6,8,10-12,14-15H,3-5,7,9H2,1-2H3,(H,20,23)/t14-,15+/m1/s1. The molecular weight excluding hydrogens is 320 g/mol. The number of hydrogen-bond donors (Lipinski definition) is 1. The maximum Gasteiger partial charge on any atom is 0.290 e. The molecular formula is C18H24N4O3. The second kappa shape index (κ2) is 7.55. The summed E-state index contributed by atoms with van der Waals surface area (Å²) in [6.45, 7) is 5.40. The monoisotopic (exact) mass is 344 g/mol. The van der Waals surface area contributed by atoms with E-state index in [0.717, 1.165) is 24.9 Å². The van der Waals surface area contributed by atoms with E-state index in [4.69, 9.17) is 4.42 Å². The zero-order valence-corrected chi connectivity index (χ0v) is 14.6. The zero-order chi connectivity index (χ0) is 17.8. The average Bonchev–Trinajstić information content (AvgIpc) is 3.39. The van der Waals surface area contributed by atoms with Crippen molar-refractivity contribution in [1.82, 2.24) is 20.0 Å². The molecule has 1 N–H and O–H groups in total. The second-order valence-corrected chi connectivity index (χ2v) is 6.23. The Morgan fingerprint density at radius 2 is 2.28 bits per heavy atom. The van der Waals surface area contributed by atoms with Crippen LogP contribution in [0.3, 0.4) is 0 Å². The van der Waals surface area contributed by atoms with E-state index in [2.05, 4.69) is 10.4 Å². The molecule has 0 spiro atoms. The number of aromatic nitrogens is 2. The first-order chi connectivity index (χ1) is 12.1. The van der Waals surface area contributed by atoms with Gasteiger partial charge in [-0.05, 0) is 38.3 Å². The highest BCUT2D eigenvalue weighted by Gasteiger charge is 2.36. The van der Waals surface area contributed by atoms with E-state index in [-0.39, 0.29) is 23.6 Å². The lowest BCUT2D eigenvalue weighted by atomic mass is 10.1. The summed E-state index contributed by atoms with van der Waals surface area (Å²) in [5.74, 6) is -0.0704. The van der Waals surface area contributed by atoms with Gasteiger partial charge >= 0.3 is 0 Å². The Kier molecular flexibility index (Phi) is 5.21. The summed E-state index contributed by atoms with van der Waals surface area (Å²) in [7, 11) is 0. The van der Waals surface area contributed by atoms with Crippen LogP contribution in [0.15, 0.2) is 35.2 Å². The summed E-state index contributed by atoms with van der Waals surface area (Å²) in [5.41, 5.74) is 0.986. The summed E-state index contributed by atoms with van der Waals surface area (Å²) in [5, 5.41) is 7.35. The molecule has 1 aliphatic rings. The van der Waals surface area contributed by atoms with Gasteiger partial charge in [-0.3, -0.25) is 14.3 Å². The molecule has 0 aromatic carbocycles. The third-order valence-electron chi connectivity index (χ3n) is 4.65. The van der Waals surface area contributed by atoms with E-state index < -0.39 is 6.04 Å². The van der Waals surface area contributed by atoms with Gasteiger partial charge < -0.3 is 14.6 Å². The van der Waals surface area contributed by atoms with Crippen LogP contribution in [0, 0.1) is 0 Å². The lowest BCUT2D eigenvalue weighted by Crippen LogP contribution is -2.46. The molecule has 0 unspecified atom stereocenters. The van der Waals surface area contributed by atoms with Crippen molar-refractivity contribution in [1.29, 1.82) is 0 Å². The van der Waals surface area contributed by atoms with Gasteiger partial charge in [-0.25, -0.2) is 0 Å². The summed E-state index contributed by atoms with van der Waals surface area (Å²) in [4.78, 5) is 26.9. The van der Waals surface area contributed by atoms with Crippen LogP contribution in [0.2, 0.25) is 0 Å². The highest BCUT2D eigenvalue weighted by molar-refractivity contribution is 5.96. The molecule has 7 heteroatoms. The Morgan fingerprint density at radius 1 is 1.44 bits per heavy atom. The number of rotatable bonds is 6. The molecule has 0 bridgehead atoms. The van der Waals surface area contributed by atoms with E-state index in [0.29, 0.717) is 13.0 Å². The maximum atomic E-state index is 12.8. The number of nitrogens with zero attached hydrogens (tertiary/aromatic N) is 3. The van der Waals surface area contributed by atoms with Crippen molar-refractivity contribution in [2.75, 3.05) is 6.54 Å². The average molecular weight is 344 g/mol. The fourth-order valence-electron chi connectivity index (χ4n) is 3.25. The van der Waals surface area contributed by atoms with E-state index in [1.807, 2.05) is 24.7 Å². The summed E-state index contributed by atoms with van der Waals surface area (Å²) < 4.78 is 7.03. The van der Waals surface area contributed by atoms with Gasteiger partial charge in [0.2, 0.25) is 5.91 Å². The molecule has 134 valence electrons. The molecule has 2 amide bonds. The van der Waals surface area contributed by atoms with Crippen molar-refractivity contribution in [3.63, 3.8) is 0 Å². The molecule has 0 radical (unpaired) electrons. The van der Waals surface area contributed by atoms with Crippen LogP contribution in [0.25, 0.3) is 0 Å². The first-order valence-electron chi connectivity index (χ1n) is 8.81. The Balaban J connectivity index is 1.69. The van der Waals surface area contributed by atoms with Crippen molar-refractivity contribution >= 4 is 11.8 Å². The first-order valence-corrected chi connectivity index (χ1v) is 8.81. The van der Waals surface area contributed by atoms with Gasteiger partial charge in [-0.15, -0.1) is 0 Å². The van der Waals surface area contributed by atoms with Crippen LogP contribution in [0.4, 0.5) is 0 Å². The molecule has 3 heterocycles. The molecule has 3 rings (SSSR count). The predicted molar refractivity (Wildman–Crippen MR) is 91.8 cm³/mol. The van der Waals surface area contributed by atoms with Crippen molar-refractivity contribution in [2.24, 2.45) is 0 Å².